The van der Waals surface area contributed by atoms with Gasteiger partial charge in [-0.3, -0.25) is 0 Å². The van der Waals surface area contributed by atoms with E-state index in [-0.39, 0.29) is 22.2 Å². The van der Waals surface area contributed by atoms with E-state index in [9.17, 15) is 9.90 Å². The molecule has 1 aromatic heterocycles. The lowest BCUT2D eigenvalue weighted by Gasteiger charge is -2.42. The zero-order chi connectivity index (χ0) is 14.2. The first-order chi connectivity index (χ1) is 8.79. The summed E-state index contributed by atoms with van der Waals surface area (Å²) in [5.74, 6) is -0.480. The van der Waals surface area contributed by atoms with Gasteiger partial charge in [-0.2, -0.15) is 0 Å². The van der Waals surface area contributed by atoms with Gasteiger partial charge in [-0.25, -0.2) is 9.78 Å². The molecule has 0 saturated carbocycles. The Morgan fingerprint density at radius 2 is 2.21 bits per heavy atom. The third kappa shape index (κ3) is 2.98. The molecular weight excluding hydrogens is 268 g/mol. The van der Waals surface area contributed by atoms with Crippen LogP contribution in [-0.2, 0) is 0 Å². The van der Waals surface area contributed by atoms with E-state index < -0.39 is 5.97 Å². The highest BCUT2D eigenvalue weighted by Gasteiger charge is 2.35. The van der Waals surface area contributed by atoms with Crippen LogP contribution in [0.25, 0.3) is 0 Å². The number of hydrogen-bond donors (Lipinski definition) is 2. The van der Waals surface area contributed by atoms with Gasteiger partial charge < -0.3 is 15.1 Å². The maximum absolute atomic E-state index is 11.0. The van der Waals surface area contributed by atoms with Crippen LogP contribution in [0.5, 0.6) is 0 Å². The summed E-state index contributed by atoms with van der Waals surface area (Å²) in [4.78, 5) is 17.2. The highest BCUT2D eigenvalue weighted by molar-refractivity contribution is 6.29. The number of piperidine rings is 1. The van der Waals surface area contributed by atoms with Crippen LogP contribution in [-0.4, -0.2) is 40.4 Å². The van der Waals surface area contributed by atoms with Gasteiger partial charge in [0.25, 0.3) is 0 Å². The normalized spacial score (nSPS) is 22.3. The molecule has 2 heterocycles. The van der Waals surface area contributed by atoms with Crippen molar-refractivity contribution in [1.29, 1.82) is 0 Å². The number of hydrogen-bond acceptors (Lipinski definition) is 4. The van der Waals surface area contributed by atoms with E-state index in [0.717, 1.165) is 0 Å². The summed E-state index contributed by atoms with van der Waals surface area (Å²) < 4.78 is 0. The van der Waals surface area contributed by atoms with Crippen molar-refractivity contribution in [2.75, 3.05) is 18.0 Å². The summed E-state index contributed by atoms with van der Waals surface area (Å²) >= 11 is 5.86. The van der Waals surface area contributed by atoms with Crippen molar-refractivity contribution in [3.05, 3.63) is 22.8 Å². The molecule has 1 aromatic rings. The number of aliphatic hydroxyl groups excluding tert-OH is 1. The van der Waals surface area contributed by atoms with Crippen molar-refractivity contribution in [3.8, 4) is 0 Å². The highest BCUT2D eigenvalue weighted by Crippen LogP contribution is 2.32. The molecule has 2 N–H and O–H groups in total. The van der Waals surface area contributed by atoms with E-state index >= 15 is 0 Å². The number of aromatic nitrogens is 1. The first-order valence-electron chi connectivity index (χ1n) is 6.13. The number of nitrogens with zero attached hydrogens (tertiary/aromatic N) is 2. The van der Waals surface area contributed by atoms with Crippen LogP contribution in [0.4, 0.5) is 5.82 Å². The topological polar surface area (TPSA) is 73.7 Å². The number of carbonyl (C=O) groups is 1. The summed E-state index contributed by atoms with van der Waals surface area (Å²) in [6, 6.07) is 2.85. The van der Waals surface area contributed by atoms with Crippen LogP contribution in [0.1, 0.15) is 30.6 Å². The average Bonchev–Trinajstić information content (AvgIpc) is 2.31. The quantitative estimate of drug-likeness (QED) is 0.813. The van der Waals surface area contributed by atoms with E-state index in [4.69, 9.17) is 16.7 Å². The molecule has 1 unspecified atom stereocenters. The predicted octanol–water partition coefficient (Wildman–Crippen LogP) is 2.03. The van der Waals surface area contributed by atoms with Crippen molar-refractivity contribution >= 4 is 23.4 Å². The second-order valence-corrected chi connectivity index (χ2v) is 5.94. The Hall–Kier alpha value is -1.33. The Bertz CT molecular complexity index is 505. The smallest absolute Gasteiger partial charge is 0.335 e. The number of halogens is 1. The van der Waals surface area contributed by atoms with Gasteiger partial charge in [0, 0.05) is 18.5 Å². The standard InChI is InChI=1S/C13H17ClN2O3/c1-13(2)7-16(4-3-9(13)17)11-6-8(12(18)19)5-10(14)15-11/h5-6,9,17H,3-4,7H2,1-2H3,(H,18,19). The fourth-order valence-electron chi connectivity index (χ4n) is 2.31. The Labute approximate surface area is 116 Å². The third-order valence-electron chi connectivity index (χ3n) is 3.52. The van der Waals surface area contributed by atoms with Gasteiger partial charge in [0.05, 0.1) is 11.7 Å². The molecule has 1 aliphatic heterocycles. The van der Waals surface area contributed by atoms with Crippen LogP contribution >= 0.6 is 11.6 Å². The van der Waals surface area contributed by atoms with Gasteiger partial charge in [0.1, 0.15) is 11.0 Å². The predicted molar refractivity (Wildman–Crippen MR) is 72.8 cm³/mol. The molecule has 0 radical (unpaired) electrons. The number of carboxylic acids is 1. The van der Waals surface area contributed by atoms with Crippen LogP contribution in [0.3, 0.4) is 0 Å². The Balaban J connectivity index is 2.30. The number of aromatic carboxylic acids is 1. The fourth-order valence-corrected chi connectivity index (χ4v) is 2.51. The molecule has 19 heavy (non-hydrogen) atoms. The summed E-state index contributed by atoms with van der Waals surface area (Å²) in [6.45, 7) is 5.20. The first-order valence-corrected chi connectivity index (χ1v) is 6.51. The van der Waals surface area contributed by atoms with Crippen LogP contribution in [0.15, 0.2) is 12.1 Å². The van der Waals surface area contributed by atoms with Gasteiger partial charge in [-0.05, 0) is 18.6 Å². The van der Waals surface area contributed by atoms with Crippen molar-refractivity contribution in [1.82, 2.24) is 4.98 Å². The van der Waals surface area contributed by atoms with Gasteiger partial charge in [0.15, 0.2) is 0 Å². The summed E-state index contributed by atoms with van der Waals surface area (Å²) in [5.41, 5.74) is -0.134. The first kappa shape index (κ1) is 14.1. The molecule has 1 aliphatic rings. The molecule has 2 rings (SSSR count). The molecule has 0 aromatic carbocycles. The van der Waals surface area contributed by atoms with Crippen molar-refractivity contribution in [2.45, 2.75) is 26.4 Å². The highest BCUT2D eigenvalue weighted by atomic mass is 35.5. The number of aliphatic hydroxyl groups is 1. The monoisotopic (exact) mass is 284 g/mol. The molecular formula is C13H17ClN2O3. The maximum atomic E-state index is 11.0. The molecule has 0 bridgehead atoms. The SMILES string of the molecule is CC1(C)CN(c2cc(C(=O)O)cc(Cl)n2)CCC1O. The van der Waals surface area contributed by atoms with Crippen LogP contribution in [0, 0.1) is 5.41 Å². The molecule has 0 spiro atoms. The zero-order valence-electron chi connectivity index (χ0n) is 10.9. The molecule has 1 saturated heterocycles. The lowest BCUT2D eigenvalue weighted by molar-refractivity contribution is 0.0334. The summed E-state index contributed by atoms with van der Waals surface area (Å²) in [7, 11) is 0. The maximum Gasteiger partial charge on any atom is 0.335 e. The zero-order valence-corrected chi connectivity index (χ0v) is 11.7. The lowest BCUT2D eigenvalue weighted by Crippen LogP contribution is -2.49. The van der Waals surface area contributed by atoms with E-state index in [1.165, 1.54) is 12.1 Å². The molecule has 5 nitrogen and oxygen atoms in total. The second kappa shape index (κ2) is 4.98. The van der Waals surface area contributed by atoms with Crippen LogP contribution < -0.4 is 4.90 Å². The number of rotatable bonds is 2. The lowest BCUT2D eigenvalue weighted by atomic mass is 9.81. The minimum absolute atomic E-state index is 0.124. The summed E-state index contributed by atoms with van der Waals surface area (Å²) in [5, 5.41) is 19.1. The van der Waals surface area contributed by atoms with E-state index in [0.29, 0.717) is 25.3 Å². The molecule has 6 heteroatoms. The van der Waals surface area contributed by atoms with E-state index in [1.54, 1.807) is 0 Å². The molecule has 1 fully saturated rings. The van der Waals surface area contributed by atoms with E-state index in [2.05, 4.69) is 4.98 Å². The van der Waals surface area contributed by atoms with Crippen molar-refractivity contribution in [3.63, 3.8) is 0 Å². The fraction of sp³-hybridized carbons (Fsp3) is 0.538. The number of carboxylic acid groups (broad SMARTS) is 1. The van der Waals surface area contributed by atoms with Gasteiger partial charge in [-0.15, -0.1) is 0 Å². The molecule has 104 valence electrons. The summed E-state index contributed by atoms with van der Waals surface area (Å²) in [6.07, 6.45) is 0.269. The number of anilines is 1. The van der Waals surface area contributed by atoms with Crippen LogP contribution in [0.2, 0.25) is 5.15 Å². The Kier molecular flexibility index (Phi) is 3.69. The van der Waals surface area contributed by atoms with Crippen molar-refractivity contribution in [2.24, 2.45) is 5.41 Å². The average molecular weight is 285 g/mol. The Morgan fingerprint density at radius 3 is 2.79 bits per heavy atom. The minimum Gasteiger partial charge on any atom is -0.478 e. The van der Waals surface area contributed by atoms with Gasteiger partial charge >= 0.3 is 5.97 Å². The molecule has 0 amide bonds. The molecule has 1 atom stereocenters. The van der Waals surface area contributed by atoms with Crippen molar-refractivity contribution < 1.29 is 15.0 Å². The Morgan fingerprint density at radius 1 is 1.53 bits per heavy atom. The molecule has 0 aliphatic carbocycles. The van der Waals surface area contributed by atoms with Gasteiger partial charge in [-0.1, -0.05) is 25.4 Å². The van der Waals surface area contributed by atoms with Gasteiger partial charge in [0.2, 0.25) is 0 Å². The minimum atomic E-state index is -1.03. The third-order valence-corrected chi connectivity index (χ3v) is 3.72. The largest absolute Gasteiger partial charge is 0.478 e. The number of pyridine rings is 1. The van der Waals surface area contributed by atoms with E-state index in [1.807, 2.05) is 18.7 Å². The second-order valence-electron chi connectivity index (χ2n) is 5.56.